The number of carbonyl (C=O) groups is 2. The highest BCUT2D eigenvalue weighted by atomic mass is 16.6. The number of aliphatic hydroxyl groups excluding tert-OH is 2. The predicted octanol–water partition coefficient (Wildman–Crippen LogP) is 5.23. The lowest BCUT2D eigenvalue weighted by Crippen LogP contribution is -2.56. The number of rotatable bonds is 1. The maximum absolute atomic E-state index is 14.8. The van der Waals surface area contributed by atoms with Crippen LogP contribution in [-0.2, 0) is 19.1 Å². The predicted molar refractivity (Wildman–Crippen MR) is 149 cm³/mol. The van der Waals surface area contributed by atoms with E-state index in [1.807, 2.05) is 39.8 Å². The van der Waals surface area contributed by atoms with Gasteiger partial charge in [0.05, 0.1) is 25.1 Å². The van der Waals surface area contributed by atoms with Crippen molar-refractivity contribution in [3.05, 3.63) is 58.4 Å². The Bertz CT molecular complexity index is 1220. The van der Waals surface area contributed by atoms with Gasteiger partial charge in [-0.3, -0.25) is 4.79 Å². The Morgan fingerprint density at radius 1 is 1.05 bits per heavy atom. The van der Waals surface area contributed by atoms with E-state index in [1.54, 1.807) is 13.2 Å². The van der Waals surface area contributed by atoms with E-state index in [-0.39, 0.29) is 46.9 Å². The number of hydrogen-bond acceptors (Lipinski definition) is 6. The van der Waals surface area contributed by atoms with E-state index in [0.29, 0.717) is 19.3 Å². The SMILES string of the molecule is COC1=C(C)C[C@@]23C=C(C(=O)O2)C(=O)[C@@]2(C)[C@H]4[C@H](C=C[C@H]2/C(C)=C/C[C@H](O)/C(C)=C/[C@H]3C1)[C@@H](O)[C@@H](C)C[C@@H]4C. The molecule has 0 aromatic heterocycles. The molecule has 0 unspecified atom stereocenters. The van der Waals surface area contributed by atoms with E-state index < -0.39 is 29.2 Å². The highest BCUT2D eigenvalue weighted by molar-refractivity contribution is 6.21. The summed E-state index contributed by atoms with van der Waals surface area (Å²) in [4.78, 5) is 28.4. The molecule has 0 radical (unpaired) electrons. The standard InChI is InChI=1S/C33H44O6/c1-17-8-11-26(34)18(2)13-22-14-27(38-7)21(5)15-33(22)16-24(31(37)39-33)30(36)32(6)25(17)10-9-23-28(32)19(3)12-20(4)29(23)35/h8-10,13,16,19-20,22-23,25-26,28-29,34-35H,11-12,14-15H2,1-7H3/b17-8+,18-13+/t19-,20-,22-,23-,25-,26-,28+,29-,32+,33-/m0/s1. The van der Waals surface area contributed by atoms with Crippen LogP contribution in [0.25, 0.3) is 0 Å². The molecule has 10 atom stereocenters. The van der Waals surface area contributed by atoms with Gasteiger partial charge in [0.2, 0.25) is 0 Å². The van der Waals surface area contributed by atoms with Gasteiger partial charge in [-0.15, -0.1) is 0 Å². The molecule has 0 aromatic rings. The number of carbonyl (C=O) groups excluding carboxylic acids is 2. The Balaban J connectivity index is 1.72. The molecule has 2 bridgehead atoms. The minimum absolute atomic E-state index is 0.120. The molecule has 1 spiro atoms. The lowest BCUT2D eigenvalue weighted by atomic mass is 9.48. The number of allylic oxidation sites excluding steroid dienone is 3. The van der Waals surface area contributed by atoms with Gasteiger partial charge in [0.1, 0.15) is 11.2 Å². The van der Waals surface area contributed by atoms with Gasteiger partial charge >= 0.3 is 5.97 Å². The summed E-state index contributed by atoms with van der Waals surface area (Å²) in [5.74, 6) is -0.472. The molecule has 4 aliphatic carbocycles. The first-order valence-corrected chi connectivity index (χ1v) is 14.5. The molecule has 2 N–H and O–H groups in total. The van der Waals surface area contributed by atoms with Crippen LogP contribution >= 0.6 is 0 Å². The van der Waals surface area contributed by atoms with Crippen LogP contribution in [0.3, 0.4) is 0 Å². The van der Waals surface area contributed by atoms with Gasteiger partial charge in [-0.05, 0) is 68.6 Å². The zero-order valence-electron chi connectivity index (χ0n) is 24.4. The molecule has 1 heterocycles. The normalized spacial score (nSPS) is 47.1. The highest BCUT2D eigenvalue weighted by Crippen LogP contribution is 2.58. The van der Waals surface area contributed by atoms with Crippen molar-refractivity contribution in [2.24, 2.45) is 40.9 Å². The van der Waals surface area contributed by atoms with Gasteiger partial charge in [-0.2, -0.15) is 0 Å². The zero-order valence-corrected chi connectivity index (χ0v) is 24.4. The molecule has 1 saturated carbocycles. The largest absolute Gasteiger partial charge is 0.501 e. The summed E-state index contributed by atoms with van der Waals surface area (Å²) in [6, 6.07) is 0. The third kappa shape index (κ3) is 4.30. The summed E-state index contributed by atoms with van der Waals surface area (Å²) in [5, 5.41) is 22.4. The third-order valence-corrected chi connectivity index (χ3v) is 10.7. The minimum Gasteiger partial charge on any atom is -0.501 e. The zero-order chi connectivity index (χ0) is 28.4. The van der Waals surface area contributed by atoms with E-state index in [4.69, 9.17) is 9.47 Å². The van der Waals surface area contributed by atoms with Crippen molar-refractivity contribution in [2.75, 3.05) is 7.11 Å². The highest BCUT2D eigenvalue weighted by Gasteiger charge is 2.60. The number of aliphatic hydroxyl groups is 2. The molecule has 39 heavy (non-hydrogen) atoms. The molecule has 6 heteroatoms. The van der Waals surface area contributed by atoms with Crippen LogP contribution in [-0.4, -0.2) is 46.9 Å². The summed E-state index contributed by atoms with van der Waals surface area (Å²) in [6.07, 6.45) is 10.9. The van der Waals surface area contributed by atoms with Gasteiger partial charge in [-0.1, -0.05) is 50.6 Å². The molecule has 5 rings (SSSR count). The lowest BCUT2D eigenvalue weighted by molar-refractivity contribution is -0.153. The number of ether oxygens (including phenoxy) is 2. The van der Waals surface area contributed by atoms with E-state index in [1.165, 1.54) is 0 Å². The van der Waals surface area contributed by atoms with Crippen LogP contribution in [0.15, 0.2) is 58.4 Å². The Morgan fingerprint density at radius 3 is 2.46 bits per heavy atom. The summed E-state index contributed by atoms with van der Waals surface area (Å²) in [6.45, 7) is 12.1. The van der Waals surface area contributed by atoms with Crippen LogP contribution in [0.5, 0.6) is 0 Å². The van der Waals surface area contributed by atoms with E-state index in [0.717, 1.165) is 28.9 Å². The van der Waals surface area contributed by atoms with E-state index in [2.05, 4.69) is 26.0 Å². The van der Waals surface area contributed by atoms with Gasteiger partial charge < -0.3 is 19.7 Å². The van der Waals surface area contributed by atoms with Gasteiger partial charge in [0.15, 0.2) is 5.78 Å². The van der Waals surface area contributed by atoms with Crippen molar-refractivity contribution in [3.8, 4) is 0 Å². The fourth-order valence-corrected chi connectivity index (χ4v) is 8.60. The van der Waals surface area contributed by atoms with Crippen LogP contribution in [0.2, 0.25) is 0 Å². The second-order valence-electron chi connectivity index (χ2n) is 13.2. The third-order valence-electron chi connectivity index (χ3n) is 10.7. The van der Waals surface area contributed by atoms with Gasteiger partial charge in [-0.25, -0.2) is 4.79 Å². The number of fused-ring (bicyclic) bond motifs is 3. The Labute approximate surface area is 232 Å². The fourth-order valence-electron chi connectivity index (χ4n) is 8.60. The number of hydrogen-bond donors (Lipinski definition) is 2. The molecule has 5 aliphatic rings. The van der Waals surface area contributed by atoms with Crippen LogP contribution in [0.1, 0.15) is 67.2 Å². The molecule has 0 amide bonds. The van der Waals surface area contributed by atoms with E-state index >= 15 is 0 Å². The number of methoxy groups -OCH3 is 1. The number of Topliss-reactive ketones (excluding diaryl/α,β-unsaturated/α-hetero) is 1. The Morgan fingerprint density at radius 2 is 1.77 bits per heavy atom. The average molecular weight is 537 g/mol. The fraction of sp³-hybridized carbons (Fsp3) is 0.636. The topological polar surface area (TPSA) is 93.1 Å². The Kier molecular flexibility index (Phi) is 7.12. The van der Waals surface area contributed by atoms with Gasteiger partial charge in [0, 0.05) is 36.0 Å². The summed E-state index contributed by atoms with van der Waals surface area (Å²) in [5.41, 5.74) is 0.947. The maximum Gasteiger partial charge on any atom is 0.342 e. The monoisotopic (exact) mass is 536 g/mol. The van der Waals surface area contributed by atoms with Crippen molar-refractivity contribution >= 4 is 11.8 Å². The summed E-state index contributed by atoms with van der Waals surface area (Å²) < 4.78 is 11.8. The summed E-state index contributed by atoms with van der Waals surface area (Å²) >= 11 is 0. The Hall–Kier alpha value is -2.44. The molecule has 212 valence electrons. The molecular formula is C33H44O6. The maximum atomic E-state index is 14.8. The van der Waals surface area contributed by atoms with Crippen molar-refractivity contribution in [2.45, 2.75) is 85.0 Å². The molecular weight excluding hydrogens is 492 g/mol. The number of esters is 1. The average Bonchev–Trinajstić information content (AvgIpc) is 3.21. The summed E-state index contributed by atoms with van der Waals surface area (Å²) in [7, 11) is 1.65. The molecule has 1 fully saturated rings. The van der Waals surface area contributed by atoms with Crippen LogP contribution in [0, 0.1) is 40.9 Å². The van der Waals surface area contributed by atoms with Crippen molar-refractivity contribution in [3.63, 3.8) is 0 Å². The molecule has 0 saturated heterocycles. The first-order chi connectivity index (χ1) is 18.3. The first-order valence-electron chi connectivity index (χ1n) is 14.5. The quantitative estimate of drug-likeness (QED) is 0.271. The van der Waals surface area contributed by atoms with Crippen molar-refractivity contribution in [1.29, 1.82) is 0 Å². The van der Waals surface area contributed by atoms with Crippen molar-refractivity contribution in [1.82, 2.24) is 0 Å². The van der Waals surface area contributed by atoms with Crippen LogP contribution < -0.4 is 0 Å². The number of ketones is 1. The second-order valence-corrected chi connectivity index (χ2v) is 13.2. The minimum atomic E-state index is -1.01. The van der Waals surface area contributed by atoms with E-state index in [9.17, 15) is 19.8 Å². The first kappa shape index (κ1) is 28.1. The second kappa shape index (κ2) is 9.88. The smallest absolute Gasteiger partial charge is 0.342 e. The molecule has 0 aromatic carbocycles. The van der Waals surface area contributed by atoms with Gasteiger partial charge in [0.25, 0.3) is 0 Å². The van der Waals surface area contributed by atoms with Crippen LogP contribution in [0.4, 0.5) is 0 Å². The molecule has 1 aliphatic heterocycles. The van der Waals surface area contributed by atoms with Crippen molar-refractivity contribution < 1.29 is 29.3 Å². The lowest BCUT2D eigenvalue weighted by Gasteiger charge is -2.55. The molecule has 6 nitrogen and oxygen atoms in total.